The van der Waals surface area contributed by atoms with E-state index in [1.54, 1.807) is 24.5 Å². The first-order valence-corrected chi connectivity index (χ1v) is 9.50. The molecule has 1 aromatic carbocycles. The fourth-order valence-corrected chi connectivity index (χ4v) is 3.51. The van der Waals surface area contributed by atoms with Gasteiger partial charge in [0, 0.05) is 62.4 Å². The van der Waals surface area contributed by atoms with Gasteiger partial charge in [-0.3, -0.25) is 14.6 Å². The monoisotopic (exact) mass is 456 g/mol. The number of alkyl halides is 3. The van der Waals surface area contributed by atoms with Crippen molar-refractivity contribution in [1.82, 2.24) is 24.6 Å². The summed E-state index contributed by atoms with van der Waals surface area (Å²) < 4.78 is 51.6. The van der Waals surface area contributed by atoms with E-state index < -0.39 is 12.7 Å². The molecular formula is C20H21ClF4N6. The number of aromatic nitrogens is 4. The third kappa shape index (κ3) is 5.92. The van der Waals surface area contributed by atoms with Gasteiger partial charge in [-0.25, -0.2) is 9.37 Å². The first-order valence-electron chi connectivity index (χ1n) is 9.50. The maximum absolute atomic E-state index is 13.2. The quantitative estimate of drug-likeness (QED) is 0.547. The molecule has 1 aliphatic heterocycles. The van der Waals surface area contributed by atoms with Crippen LogP contribution in [0.4, 0.5) is 23.4 Å². The Bertz CT molecular complexity index is 984. The molecule has 6 nitrogen and oxygen atoms in total. The highest BCUT2D eigenvalue weighted by Gasteiger charge is 2.28. The smallest absolute Gasteiger partial charge is 0.352 e. The summed E-state index contributed by atoms with van der Waals surface area (Å²) in [7, 11) is 0. The third-order valence-electron chi connectivity index (χ3n) is 4.90. The van der Waals surface area contributed by atoms with Gasteiger partial charge in [-0.1, -0.05) is 0 Å². The molecule has 11 heteroatoms. The first kappa shape index (κ1) is 23.0. The summed E-state index contributed by atoms with van der Waals surface area (Å²) in [6, 6.07) is 6.14. The van der Waals surface area contributed by atoms with E-state index in [4.69, 9.17) is 0 Å². The number of hydrogen-bond acceptors (Lipinski definition) is 5. The van der Waals surface area contributed by atoms with Gasteiger partial charge in [0.2, 0.25) is 0 Å². The highest BCUT2D eigenvalue weighted by atomic mass is 35.5. The predicted molar refractivity (Wildman–Crippen MR) is 110 cm³/mol. The summed E-state index contributed by atoms with van der Waals surface area (Å²) in [5, 5.41) is 3.80. The van der Waals surface area contributed by atoms with E-state index >= 15 is 0 Å². The van der Waals surface area contributed by atoms with Gasteiger partial charge in [-0.2, -0.15) is 18.3 Å². The second kappa shape index (κ2) is 9.61. The van der Waals surface area contributed by atoms with Crippen molar-refractivity contribution < 1.29 is 17.6 Å². The van der Waals surface area contributed by atoms with E-state index in [1.807, 2.05) is 0 Å². The van der Waals surface area contributed by atoms with Gasteiger partial charge in [0.05, 0.1) is 6.20 Å². The topological polar surface area (TPSA) is 50.1 Å². The zero-order valence-corrected chi connectivity index (χ0v) is 17.3. The van der Waals surface area contributed by atoms with E-state index in [1.165, 1.54) is 24.5 Å². The lowest BCUT2D eigenvalue weighted by atomic mass is 10.1. The second-order valence-electron chi connectivity index (χ2n) is 7.16. The lowest BCUT2D eigenvalue weighted by molar-refractivity contribution is -0.142. The number of anilines is 1. The Morgan fingerprint density at radius 3 is 2.29 bits per heavy atom. The van der Waals surface area contributed by atoms with Crippen LogP contribution in [0.5, 0.6) is 0 Å². The SMILES string of the molecule is Cl.Fc1ccc(-c2nccnc2N2CCN(Cc3cnn(CC(F)(F)F)c3)CC2)cc1. The van der Waals surface area contributed by atoms with Crippen molar-refractivity contribution >= 4 is 18.2 Å². The molecule has 166 valence electrons. The molecule has 0 radical (unpaired) electrons. The van der Waals surface area contributed by atoms with Crippen molar-refractivity contribution in [3.63, 3.8) is 0 Å². The summed E-state index contributed by atoms with van der Waals surface area (Å²) in [5.41, 5.74) is 2.23. The molecule has 3 heterocycles. The van der Waals surface area contributed by atoms with Gasteiger partial charge in [0.15, 0.2) is 5.82 Å². The molecule has 0 atom stereocenters. The Kier molecular flexibility index (Phi) is 7.11. The van der Waals surface area contributed by atoms with Gasteiger partial charge in [0.25, 0.3) is 0 Å². The summed E-state index contributed by atoms with van der Waals surface area (Å²) in [4.78, 5) is 13.2. The number of halogens is 5. The third-order valence-corrected chi connectivity index (χ3v) is 4.90. The summed E-state index contributed by atoms with van der Waals surface area (Å²) in [6.45, 7) is 2.30. The number of nitrogens with zero attached hydrogens (tertiary/aromatic N) is 6. The molecule has 1 saturated heterocycles. The van der Waals surface area contributed by atoms with Crippen LogP contribution in [0, 0.1) is 5.82 Å². The van der Waals surface area contributed by atoms with Crippen LogP contribution in [0.3, 0.4) is 0 Å². The highest BCUT2D eigenvalue weighted by molar-refractivity contribution is 5.85. The number of piperazine rings is 1. The lowest BCUT2D eigenvalue weighted by Crippen LogP contribution is -2.46. The molecule has 3 aromatic rings. The maximum Gasteiger partial charge on any atom is 0.408 e. The van der Waals surface area contributed by atoms with E-state index in [2.05, 4.69) is 24.9 Å². The molecule has 2 aromatic heterocycles. The Morgan fingerprint density at radius 1 is 0.935 bits per heavy atom. The van der Waals surface area contributed by atoms with Crippen LogP contribution in [0.15, 0.2) is 49.1 Å². The molecule has 0 spiro atoms. The van der Waals surface area contributed by atoms with Gasteiger partial charge in [-0.15, -0.1) is 12.4 Å². The largest absolute Gasteiger partial charge is 0.408 e. The molecule has 0 bridgehead atoms. The molecule has 31 heavy (non-hydrogen) atoms. The standard InChI is InChI=1S/C20H20F4N6.ClH/c21-17-3-1-16(2-4-17)18-19(26-6-5-25-18)29-9-7-28(8-10-29)12-15-11-27-30(13-15)14-20(22,23)24;/h1-6,11,13H,7-10,12,14H2;1H. The Hall–Kier alpha value is -2.72. The first-order chi connectivity index (χ1) is 14.4. The van der Waals surface area contributed by atoms with E-state index in [9.17, 15) is 17.6 Å². The normalized spacial score (nSPS) is 15.0. The van der Waals surface area contributed by atoms with Crippen molar-refractivity contribution in [2.45, 2.75) is 19.3 Å². The van der Waals surface area contributed by atoms with Crippen LogP contribution >= 0.6 is 12.4 Å². The zero-order chi connectivity index (χ0) is 21.1. The highest BCUT2D eigenvalue weighted by Crippen LogP contribution is 2.27. The molecule has 4 rings (SSSR count). The molecule has 0 aliphatic carbocycles. The predicted octanol–water partition coefficient (Wildman–Crippen LogP) is 3.79. The van der Waals surface area contributed by atoms with E-state index in [0.29, 0.717) is 25.3 Å². The van der Waals surface area contributed by atoms with Gasteiger partial charge in [0.1, 0.15) is 18.1 Å². The summed E-state index contributed by atoms with van der Waals surface area (Å²) in [5.74, 6) is 0.429. The van der Waals surface area contributed by atoms with Gasteiger partial charge >= 0.3 is 6.18 Å². The van der Waals surface area contributed by atoms with Gasteiger partial charge < -0.3 is 4.90 Å². The van der Waals surface area contributed by atoms with E-state index in [0.717, 1.165) is 34.7 Å². The molecule has 0 saturated carbocycles. The maximum atomic E-state index is 13.2. The number of benzene rings is 1. The van der Waals surface area contributed by atoms with Crippen LogP contribution in [-0.4, -0.2) is 57.0 Å². The molecule has 0 amide bonds. The summed E-state index contributed by atoms with van der Waals surface area (Å²) in [6.07, 6.45) is 1.87. The molecule has 1 aliphatic rings. The molecule has 0 N–H and O–H groups in total. The minimum Gasteiger partial charge on any atom is -0.352 e. The average Bonchev–Trinajstić information content (AvgIpc) is 3.14. The van der Waals surface area contributed by atoms with Crippen LogP contribution in [0.1, 0.15) is 5.56 Å². The van der Waals surface area contributed by atoms with Crippen molar-refractivity contribution in [3.8, 4) is 11.3 Å². The van der Waals surface area contributed by atoms with E-state index in [-0.39, 0.29) is 18.2 Å². The minimum absolute atomic E-state index is 0. The van der Waals surface area contributed by atoms with Gasteiger partial charge in [-0.05, 0) is 24.3 Å². The Morgan fingerprint density at radius 2 is 1.61 bits per heavy atom. The van der Waals surface area contributed by atoms with Crippen molar-refractivity contribution in [2.75, 3.05) is 31.1 Å². The molecule has 1 fully saturated rings. The van der Waals surface area contributed by atoms with Crippen LogP contribution in [0.25, 0.3) is 11.3 Å². The van der Waals surface area contributed by atoms with Crippen LogP contribution in [-0.2, 0) is 13.1 Å². The summed E-state index contributed by atoms with van der Waals surface area (Å²) >= 11 is 0. The second-order valence-corrected chi connectivity index (χ2v) is 7.16. The molecular weight excluding hydrogens is 436 g/mol. The van der Waals surface area contributed by atoms with Crippen molar-refractivity contribution in [3.05, 3.63) is 60.4 Å². The minimum atomic E-state index is -4.28. The Labute approximate surface area is 182 Å². The lowest BCUT2D eigenvalue weighted by Gasteiger charge is -2.35. The average molecular weight is 457 g/mol. The van der Waals surface area contributed by atoms with Crippen molar-refractivity contribution in [2.24, 2.45) is 0 Å². The number of rotatable bonds is 5. The Balaban J connectivity index is 0.00000272. The fourth-order valence-electron chi connectivity index (χ4n) is 3.51. The fraction of sp³-hybridized carbons (Fsp3) is 0.350. The molecule has 0 unspecified atom stereocenters. The zero-order valence-electron chi connectivity index (χ0n) is 16.5. The van der Waals surface area contributed by atoms with Crippen LogP contribution < -0.4 is 4.90 Å². The van der Waals surface area contributed by atoms with Crippen molar-refractivity contribution in [1.29, 1.82) is 0 Å². The van der Waals surface area contributed by atoms with Crippen LogP contribution in [0.2, 0.25) is 0 Å². The number of hydrogen-bond donors (Lipinski definition) is 0.